The number of piperidine rings is 1. The molecule has 0 bridgehead atoms. The van der Waals surface area contributed by atoms with Crippen molar-refractivity contribution in [3.63, 3.8) is 0 Å². The van der Waals surface area contributed by atoms with Crippen molar-refractivity contribution < 1.29 is 14.7 Å². The predicted molar refractivity (Wildman–Crippen MR) is 60.1 cm³/mol. The minimum atomic E-state index is -0.740. The molecule has 1 fully saturated rings. The number of nitrogens with zero attached hydrogens (tertiary/aromatic N) is 1. The standard InChI is InChI=1S/C11H20N2O3/c1-2-5-12-8-10(14)13-6-3-9(4-7-13)11(15)16/h9,12H,2-8H2,1H3,(H,15,16). The maximum atomic E-state index is 11.7. The van der Waals surface area contributed by atoms with Crippen LogP contribution < -0.4 is 5.32 Å². The Hall–Kier alpha value is -1.10. The van der Waals surface area contributed by atoms with Crippen LogP contribution in [0.1, 0.15) is 26.2 Å². The molecule has 5 nitrogen and oxygen atoms in total. The van der Waals surface area contributed by atoms with Crippen LogP contribution in [0.3, 0.4) is 0 Å². The first-order chi connectivity index (χ1) is 7.65. The van der Waals surface area contributed by atoms with E-state index in [-0.39, 0.29) is 11.8 Å². The highest BCUT2D eigenvalue weighted by atomic mass is 16.4. The molecule has 16 heavy (non-hydrogen) atoms. The van der Waals surface area contributed by atoms with Crippen LogP contribution in [-0.2, 0) is 9.59 Å². The third-order valence-corrected chi connectivity index (χ3v) is 2.90. The molecule has 2 N–H and O–H groups in total. The molecular weight excluding hydrogens is 208 g/mol. The van der Waals surface area contributed by atoms with Gasteiger partial charge in [-0.3, -0.25) is 9.59 Å². The number of aliphatic carboxylic acids is 1. The summed E-state index contributed by atoms with van der Waals surface area (Å²) in [6.45, 7) is 4.41. The van der Waals surface area contributed by atoms with Crippen molar-refractivity contribution in [1.29, 1.82) is 0 Å². The lowest BCUT2D eigenvalue weighted by molar-refractivity contribution is -0.145. The van der Waals surface area contributed by atoms with Crippen molar-refractivity contribution in [2.24, 2.45) is 5.92 Å². The summed E-state index contributed by atoms with van der Waals surface area (Å²) in [6.07, 6.45) is 2.16. The zero-order valence-electron chi connectivity index (χ0n) is 9.74. The molecule has 1 heterocycles. The van der Waals surface area contributed by atoms with Gasteiger partial charge in [0.2, 0.25) is 5.91 Å². The molecule has 1 saturated heterocycles. The van der Waals surface area contributed by atoms with Crippen LogP contribution in [0, 0.1) is 5.92 Å². The number of hydrogen-bond donors (Lipinski definition) is 2. The van der Waals surface area contributed by atoms with E-state index in [0.29, 0.717) is 32.5 Å². The van der Waals surface area contributed by atoms with E-state index in [1.807, 2.05) is 0 Å². The molecule has 0 aromatic heterocycles. The normalized spacial score (nSPS) is 17.4. The second-order valence-electron chi connectivity index (χ2n) is 4.17. The molecule has 0 aliphatic carbocycles. The molecule has 92 valence electrons. The lowest BCUT2D eigenvalue weighted by Gasteiger charge is -2.30. The number of carbonyl (C=O) groups is 2. The van der Waals surface area contributed by atoms with Crippen LogP contribution in [0.4, 0.5) is 0 Å². The molecule has 0 spiro atoms. The van der Waals surface area contributed by atoms with Gasteiger partial charge in [-0.15, -0.1) is 0 Å². The lowest BCUT2D eigenvalue weighted by atomic mass is 9.97. The van der Waals surface area contributed by atoms with Crippen molar-refractivity contribution in [1.82, 2.24) is 10.2 Å². The fourth-order valence-corrected chi connectivity index (χ4v) is 1.86. The quantitative estimate of drug-likeness (QED) is 0.664. The predicted octanol–water partition coefficient (Wildman–Crippen LogP) is 0.309. The summed E-state index contributed by atoms with van der Waals surface area (Å²) in [4.78, 5) is 24.1. The summed E-state index contributed by atoms with van der Waals surface area (Å²) in [7, 11) is 0. The molecule has 0 aromatic carbocycles. The van der Waals surface area contributed by atoms with Crippen LogP contribution in [0.15, 0.2) is 0 Å². The van der Waals surface area contributed by atoms with Gasteiger partial charge in [0, 0.05) is 13.1 Å². The van der Waals surface area contributed by atoms with Crippen LogP contribution in [0.2, 0.25) is 0 Å². The van der Waals surface area contributed by atoms with Gasteiger partial charge in [0.25, 0.3) is 0 Å². The largest absolute Gasteiger partial charge is 0.481 e. The molecule has 0 atom stereocenters. The van der Waals surface area contributed by atoms with Gasteiger partial charge in [-0.2, -0.15) is 0 Å². The number of likely N-dealkylation sites (tertiary alicyclic amines) is 1. The minimum absolute atomic E-state index is 0.0808. The molecule has 1 amide bonds. The van der Waals surface area contributed by atoms with Crippen LogP contribution >= 0.6 is 0 Å². The van der Waals surface area contributed by atoms with E-state index in [9.17, 15) is 9.59 Å². The Morgan fingerprint density at radius 1 is 1.38 bits per heavy atom. The van der Waals surface area contributed by atoms with E-state index < -0.39 is 5.97 Å². The summed E-state index contributed by atoms with van der Waals surface area (Å²) in [6, 6.07) is 0. The van der Waals surface area contributed by atoms with Crippen molar-refractivity contribution in [2.45, 2.75) is 26.2 Å². The van der Waals surface area contributed by atoms with E-state index in [1.165, 1.54) is 0 Å². The maximum absolute atomic E-state index is 11.7. The third-order valence-electron chi connectivity index (χ3n) is 2.90. The number of carboxylic acids is 1. The third kappa shape index (κ3) is 3.81. The Bertz CT molecular complexity index is 248. The Labute approximate surface area is 95.8 Å². The van der Waals surface area contributed by atoms with Gasteiger partial charge in [0.1, 0.15) is 0 Å². The van der Waals surface area contributed by atoms with E-state index >= 15 is 0 Å². The Kier molecular flexibility index (Phi) is 5.25. The highest BCUT2D eigenvalue weighted by Gasteiger charge is 2.26. The zero-order chi connectivity index (χ0) is 12.0. The van der Waals surface area contributed by atoms with Crippen LogP contribution in [0.5, 0.6) is 0 Å². The zero-order valence-corrected chi connectivity index (χ0v) is 9.74. The highest BCUT2D eigenvalue weighted by Crippen LogP contribution is 2.16. The second-order valence-corrected chi connectivity index (χ2v) is 4.17. The molecule has 0 aromatic rings. The van der Waals surface area contributed by atoms with E-state index in [1.54, 1.807) is 4.90 Å². The first kappa shape index (κ1) is 13.0. The monoisotopic (exact) mass is 228 g/mol. The van der Waals surface area contributed by atoms with Crippen molar-refractivity contribution in [2.75, 3.05) is 26.2 Å². The summed E-state index contributed by atoms with van der Waals surface area (Å²) in [5, 5.41) is 11.9. The highest BCUT2D eigenvalue weighted by molar-refractivity contribution is 5.78. The summed E-state index contributed by atoms with van der Waals surface area (Å²) < 4.78 is 0. The molecule has 5 heteroatoms. The first-order valence-electron chi connectivity index (χ1n) is 5.86. The van der Waals surface area contributed by atoms with Gasteiger partial charge >= 0.3 is 5.97 Å². The average molecular weight is 228 g/mol. The molecule has 0 radical (unpaired) electrons. The Balaban J connectivity index is 2.25. The first-order valence-corrected chi connectivity index (χ1v) is 5.86. The molecule has 0 saturated carbocycles. The summed E-state index contributed by atoms with van der Waals surface area (Å²) in [5.41, 5.74) is 0. The number of rotatable bonds is 5. The molecule has 1 aliphatic heterocycles. The van der Waals surface area contributed by atoms with E-state index in [0.717, 1.165) is 13.0 Å². The van der Waals surface area contributed by atoms with Crippen molar-refractivity contribution in [3.8, 4) is 0 Å². The smallest absolute Gasteiger partial charge is 0.306 e. The van der Waals surface area contributed by atoms with Gasteiger partial charge in [0.05, 0.1) is 12.5 Å². The second kappa shape index (κ2) is 6.48. The average Bonchev–Trinajstić information content (AvgIpc) is 2.29. The van der Waals surface area contributed by atoms with Gasteiger partial charge in [-0.25, -0.2) is 0 Å². The molecule has 0 unspecified atom stereocenters. The number of nitrogens with one attached hydrogen (secondary N) is 1. The Morgan fingerprint density at radius 3 is 2.50 bits per heavy atom. The molecule has 1 aliphatic rings. The summed E-state index contributed by atoms with van der Waals surface area (Å²) in [5.74, 6) is -0.929. The number of hydrogen-bond acceptors (Lipinski definition) is 3. The van der Waals surface area contributed by atoms with E-state index in [2.05, 4.69) is 12.2 Å². The van der Waals surface area contributed by atoms with Crippen LogP contribution in [0.25, 0.3) is 0 Å². The van der Waals surface area contributed by atoms with E-state index in [4.69, 9.17) is 5.11 Å². The fourth-order valence-electron chi connectivity index (χ4n) is 1.86. The Morgan fingerprint density at radius 2 is 2.00 bits per heavy atom. The van der Waals surface area contributed by atoms with Crippen LogP contribution in [-0.4, -0.2) is 48.1 Å². The number of carbonyl (C=O) groups excluding carboxylic acids is 1. The molecule has 1 rings (SSSR count). The van der Waals surface area contributed by atoms with Crippen molar-refractivity contribution >= 4 is 11.9 Å². The SMILES string of the molecule is CCCNCC(=O)N1CCC(C(=O)O)CC1. The summed E-state index contributed by atoms with van der Waals surface area (Å²) >= 11 is 0. The lowest BCUT2D eigenvalue weighted by Crippen LogP contribution is -2.44. The van der Waals surface area contributed by atoms with Crippen molar-refractivity contribution in [3.05, 3.63) is 0 Å². The molecular formula is C11H20N2O3. The topological polar surface area (TPSA) is 69.6 Å². The van der Waals surface area contributed by atoms with Gasteiger partial charge in [-0.05, 0) is 25.8 Å². The van der Waals surface area contributed by atoms with Gasteiger partial charge in [0.15, 0.2) is 0 Å². The van der Waals surface area contributed by atoms with Gasteiger partial charge in [-0.1, -0.05) is 6.92 Å². The van der Waals surface area contributed by atoms with Gasteiger partial charge < -0.3 is 15.3 Å². The number of amides is 1. The number of carboxylic acid groups (broad SMARTS) is 1. The fraction of sp³-hybridized carbons (Fsp3) is 0.818. The minimum Gasteiger partial charge on any atom is -0.481 e. The maximum Gasteiger partial charge on any atom is 0.306 e.